The zero-order chi connectivity index (χ0) is 16.1. The molecule has 3 rings (SSSR count). The van der Waals surface area contributed by atoms with E-state index in [1.54, 1.807) is 0 Å². The van der Waals surface area contributed by atoms with Crippen LogP contribution in [0.25, 0.3) is 0 Å². The number of rotatable bonds is 6. The molecule has 130 valence electrons. The molecule has 6 nitrogen and oxygen atoms in total. The first-order chi connectivity index (χ1) is 11.2. The van der Waals surface area contributed by atoms with E-state index in [4.69, 9.17) is 0 Å². The van der Waals surface area contributed by atoms with Crippen LogP contribution in [0.15, 0.2) is 30.7 Å². The number of nitrogens with one attached hydrogen (secondary N) is 1. The van der Waals surface area contributed by atoms with Crippen molar-refractivity contribution in [3.8, 4) is 0 Å². The zero-order valence-corrected chi connectivity index (χ0v) is 15.1. The Morgan fingerprint density at radius 1 is 0.958 bits per heavy atom. The minimum absolute atomic E-state index is 0. The maximum Gasteiger partial charge on any atom is 0.225 e. The van der Waals surface area contributed by atoms with E-state index in [0.717, 1.165) is 43.5 Å². The maximum atomic E-state index is 4.47. The standard InChI is InChI=1S/C17H24N6.ClH/c1-22(2)16-6-5-14(11-19-16)9-18-10-15-12-20-17(21-13-15)23-7-3-4-8-23;/h5-6,11-13,18H,3-4,7-10H2,1-2H3;1H. The summed E-state index contributed by atoms with van der Waals surface area (Å²) in [5, 5.41) is 3.41. The van der Waals surface area contributed by atoms with Crippen molar-refractivity contribution in [2.45, 2.75) is 25.9 Å². The van der Waals surface area contributed by atoms with Crippen LogP contribution in [-0.4, -0.2) is 42.1 Å². The summed E-state index contributed by atoms with van der Waals surface area (Å²) >= 11 is 0. The lowest BCUT2D eigenvalue weighted by atomic mass is 10.2. The van der Waals surface area contributed by atoms with Crippen molar-refractivity contribution < 1.29 is 0 Å². The van der Waals surface area contributed by atoms with Gasteiger partial charge in [-0.2, -0.15) is 0 Å². The second-order valence-electron chi connectivity index (χ2n) is 6.11. The van der Waals surface area contributed by atoms with E-state index < -0.39 is 0 Å². The van der Waals surface area contributed by atoms with Gasteiger partial charge in [0.25, 0.3) is 0 Å². The number of aromatic nitrogens is 3. The normalized spacial score (nSPS) is 13.7. The van der Waals surface area contributed by atoms with E-state index in [1.165, 1.54) is 18.4 Å². The molecule has 0 spiro atoms. The number of hydrogen-bond acceptors (Lipinski definition) is 6. The van der Waals surface area contributed by atoms with Crippen molar-refractivity contribution in [2.75, 3.05) is 37.0 Å². The molecule has 0 aliphatic carbocycles. The van der Waals surface area contributed by atoms with Crippen LogP contribution in [0.3, 0.4) is 0 Å². The lowest BCUT2D eigenvalue weighted by Gasteiger charge is -2.14. The highest BCUT2D eigenvalue weighted by Crippen LogP contribution is 2.14. The average Bonchev–Trinajstić information content (AvgIpc) is 3.10. The van der Waals surface area contributed by atoms with Crippen molar-refractivity contribution in [1.82, 2.24) is 20.3 Å². The monoisotopic (exact) mass is 348 g/mol. The van der Waals surface area contributed by atoms with Crippen molar-refractivity contribution >= 4 is 24.2 Å². The molecule has 1 saturated heterocycles. The fourth-order valence-electron chi connectivity index (χ4n) is 2.66. The first kappa shape index (κ1) is 18.4. The Morgan fingerprint density at radius 3 is 2.17 bits per heavy atom. The highest BCUT2D eigenvalue weighted by molar-refractivity contribution is 5.85. The summed E-state index contributed by atoms with van der Waals surface area (Å²) in [7, 11) is 3.98. The van der Waals surface area contributed by atoms with Gasteiger partial charge in [-0.05, 0) is 24.5 Å². The fraction of sp³-hybridized carbons (Fsp3) is 0.471. The van der Waals surface area contributed by atoms with Gasteiger partial charge in [0.1, 0.15) is 5.82 Å². The third kappa shape index (κ3) is 4.79. The molecular formula is C17H25ClN6. The summed E-state index contributed by atoms with van der Waals surface area (Å²) in [6, 6.07) is 4.13. The van der Waals surface area contributed by atoms with Gasteiger partial charge in [0, 0.05) is 64.4 Å². The van der Waals surface area contributed by atoms with Crippen LogP contribution in [0.1, 0.15) is 24.0 Å². The quantitative estimate of drug-likeness (QED) is 0.864. The van der Waals surface area contributed by atoms with Gasteiger partial charge in [0.05, 0.1) is 0 Å². The molecule has 0 aromatic carbocycles. The predicted octanol–water partition coefficient (Wildman–Crippen LogP) is 2.25. The van der Waals surface area contributed by atoms with Crippen LogP contribution in [0.5, 0.6) is 0 Å². The largest absolute Gasteiger partial charge is 0.363 e. The Hall–Kier alpha value is -1.92. The van der Waals surface area contributed by atoms with Crippen molar-refractivity contribution in [2.24, 2.45) is 0 Å². The van der Waals surface area contributed by atoms with E-state index in [1.807, 2.05) is 43.7 Å². The highest BCUT2D eigenvalue weighted by atomic mass is 35.5. The molecule has 0 amide bonds. The third-order valence-corrected chi connectivity index (χ3v) is 4.01. The van der Waals surface area contributed by atoms with E-state index in [2.05, 4.69) is 31.2 Å². The van der Waals surface area contributed by atoms with Gasteiger partial charge < -0.3 is 15.1 Å². The Labute approximate surface area is 149 Å². The number of nitrogens with zero attached hydrogens (tertiary/aromatic N) is 5. The van der Waals surface area contributed by atoms with Gasteiger partial charge in [-0.15, -0.1) is 12.4 Å². The van der Waals surface area contributed by atoms with Gasteiger partial charge in [0.15, 0.2) is 0 Å². The van der Waals surface area contributed by atoms with Crippen LogP contribution in [0, 0.1) is 0 Å². The second-order valence-corrected chi connectivity index (χ2v) is 6.11. The van der Waals surface area contributed by atoms with Crippen molar-refractivity contribution in [3.05, 3.63) is 41.9 Å². The van der Waals surface area contributed by atoms with Crippen LogP contribution < -0.4 is 15.1 Å². The summed E-state index contributed by atoms with van der Waals surface area (Å²) in [4.78, 5) is 17.6. The molecule has 0 saturated carbocycles. The van der Waals surface area contributed by atoms with Crippen LogP contribution in [0.2, 0.25) is 0 Å². The lowest BCUT2D eigenvalue weighted by molar-refractivity contribution is 0.686. The smallest absolute Gasteiger partial charge is 0.225 e. The molecule has 0 bridgehead atoms. The van der Waals surface area contributed by atoms with Gasteiger partial charge in [0.2, 0.25) is 5.95 Å². The molecule has 24 heavy (non-hydrogen) atoms. The van der Waals surface area contributed by atoms with Crippen LogP contribution >= 0.6 is 12.4 Å². The molecule has 1 aliphatic rings. The van der Waals surface area contributed by atoms with Gasteiger partial charge in [-0.3, -0.25) is 0 Å². The maximum absolute atomic E-state index is 4.47. The van der Waals surface area contributed by atoms with Gasteiger partial charge >= 0.3 is 0 Å². The molecule has 2 aromatic rings. The number of hydrogen-bond donors (Lipinski definition) is 1. The minimum atomic E-state index is 0. The Bertz CT molecular complexity index is 608. The average molecular weight is 349 g/mol. The topological polar surface area (TPSA) is 57.2 Å². The first-order valence-electron chi connectivity index (χ1n) is 8.11. The van der Waals surface area contributed by atoms with Crippen LogP contribution in [0.4, 0.5) is 11.8 Å². The molecule has 0 radical (unpaired) electrons. The molecular weight excluding hydrogens is 324 g/mol. The second kappa shape index (κ2) is 8.80. The molecule has 1 N–H and O–H groups in total. The van der Waals surface area contributed by atoms with E-state index in [9.17, 15) is 0 Å². The minimum Gasteiger partial charge on any atom is -0.363 e. The zero-order valence-electron chi connectivity index (χ0n) is 14.3. The molecule has 0 unspecified atom stereocenters. The molecule has 1 fully saturated rings. The Balaban J connectivity index is 0.00000208. The number of pyridine rings is 1. The number of anilines is 2. The van der Waals surface area contributed by atoms with E-state index >= 15 is 0 Å². The van der Waals surface area contributed by atoms with Crippen molar-refractivity contribution in [3.63, 3.8) is 0 Å². The summed E-state index contributed by atoms with van der Waals surface area (Å²) in [5.41, 5.74) is 2.27. The first-order valence-corrected chi connectivity index (χ1v) is 8.11. The van der Waals surface area contributed by atoms with E-state index in [-0.39, 0.29) is 12.4 Å². The lowest BCUT2D eigenvalue weighted by Crippen LogP contribution is -2.20. The summed E-state index contributed by atoms with van der Waals surface area (Å²) in [6.45, 7) is 3.70. The van der Waals surface area contributed by atoms with Gasteiger partial charge in [-0.25, -0.2) is 15.0 Å². The summed E-state index contributed by atoms with van der Waals surface area (Å²) in [6.07, 6.45) is 8.23. The molecule has 3 heterocycles. The fourth-order valence-corrected chi connectivity index (χ4v) is 2.66. The summed E-state index contributed by atoms with van der Waals surface area (Å²) in [5.74, 6) is 1.83. The van der Waals surface area contributed by atoms with E-state index in [0.29, 0.717) is 0 Å². The molecule has 7 heteroatoms. The summed E-state index contributed by atoms with van der Waals surface area (Å²) < 4.78 is 0. The third-order valence-electron chi connectivity index (χ3n) is 4.01. The van der Waals surface area contributed by atoms with Crippen LogP contribution in [-0.2, 0) is 13.1 Å². The Kier molecular flexibility index (Phi) is 6.75. The predicted molar refractivity (Wildman–Crippen MR) is 99.8 cm³/mol. The van der Waals surface area contributed by atoms with Crippen molar-refractivity contribution in [1.29, 1.82) is 0 Å². The number of halogens is 1. The SMILES string of the molecule is CN(C)c1ccc(CNCc2cnc(N3CCCC3)nc2)cn1.Cl. The molecule has 1 aliphatic heterocycles. The van der Waals surface area contributed by atoms with Gasteiger partial charge in [-0.1, -0.05) is 6.07 Å². The Morgan fingerprint density at radius 2 is 1.58 bits per heavy atom. The highest BCUT2D eigenvalue weighted by Gasteiger charge is 2.14. The molecule has 2 aromatic heterocycles. The molecule has 0 atom stereocenters.